The normalized spacial score (nSPS) is 14.7. The first-order valence-corrected chi connectivity index (χ1v) is 11.5. The number of rotatable bonds is 8. The lowest BCUT2D eigenvalue weighted by atomic mass is 10.1. The van der Waals surface area contributed by atoms with Gasteiger partial charge in [0.25, 0.3) is 11.1 Å². The third-order valence-corrected chi connectivity index (χ3v) is 6.06. The van der Waals surface area contributed by atoms with Crippen LogP contribution in [-0.2, 0) is 11.3 Å². The number of thioether (sulfide) groups is 1. The molecule has 2 amide bonds. The number of ether oxygens (including phenoxy) is 2. The van der Waals surface area contributed by atoms with E-state index in [1.54, 1.807) is 6.08 Å². The zero-order valence-electron chi connectivity index (χ0n) is 18.6. The van der Waals surface area contributed by atoms with Crippen molar-refractivity contribution in [2.75, 3.05) is 13.2 Å². The van der Waals surface area contributed by atoms with Crippen molar-refractivity contribution in [1.29, 1.82) is 0 Å². The third-order valence-electron chi connectivity index (χ3n) is 5.15. The summed E-state index contributed by atoms with van der Waals surface area (Å²) in [5, 5.41) is -0.250. The van der Waals surface area contributed by atoms with Crippen molar-refractivity contribution in [2.45, 2.75) is 20.4 Å². The molecule has 0 spiro atoms. The Morgan fingerprint density at radius 1 is 0.758 bits per heavy atom. The second kappa shape index (κ2) is 10.4. The number of imide groups is 1. The molecule has 3 aromatic rings. The fourth-order valence-electron chi connectivity index (χ4n) is 3.28. The number of benzene rings is 3. The number of amides is 2. The van der Waals surface area contributed by atoms with E-state index in [4.69, 9.17) is 9.47 Å². The molecule has 4 rings (SSSR count). The smallest absolute Gasteiger partial charge is 0.293 e. The van der Waals surface area contributed by atoms with Crippen LogP contribution in [-0.4, -0.2) is 29.3 Å². The molecule has 1 aliphatic rings. The minimum absolute atomic E-state index is 0.250. The lowest BCUT2D eigenvalue weighted by molar-refractivity contribution is -0.123. The van der Waals surface area contributed by atoms with E-state index in [1.165, 1.54) is 10.5 Å². The Morgan fingerprint density at radius 3 is 1.85 bits per heavy atom. The Balaban J connectivity index is 1.30. The molecule has 0 aromatic heterocycles. The van der Waals surface area contributed by atoms with Gasteiger partial charge in [-0.1, -0.05) is 59.7 Å². The summed E-state index contributed by atoms with van der Waals surface area (Å²) < 4.78 is 11.4. The summed E-state index contributed by atoms with van der Waals surface area (Å²) in [6.07, 6.45) is 1.74. The molecule has 0 radical (unpaired) electrons. The first-order valence-electron chi connectivity index (χ1n) is 10.7. The van der Waals surface area contributed by atoms with E-state index < -0.39 is 0 Å². The highest BCUT2D eigenvalue weighted by molar-refractivity contribution is 8.18. The van der Waals surface area contributed by atoms with Gasteiger partial charge < -0.3 is 9.47 Å². The van der Waals surface area contributed by atoms with Gasteiger partial charge in [0, 0.05) is 0 Å². The quantitative estimate of drug-likeness (QED) is 0.306. The highest BCUT2D eigenvalue weighted by Crippen LogP contribution is 2.33. The van der Waals surface area contributed by atoms with Crippen LogP contribution in [0, 0.1) is 13.8 Å². The highest BCUT2D eigenvalue weighted by Gasteiger charge is 2.34. The van der Waals surface area contributed by atoms with Crippen molar-refractivity contribution >= 4 is 29.0 Å². The zero-order chi connectivity index (χ0) is 23.2. The summed E-state index contributed by atoms with van der Waals surface area (Å²) in [5.41, 5.74) is 4.09. The second-order valence-corrected chi connectivity index (χ2v) is 8.83. The van der Waals surface area contributed by atoms with Crippen molar-refractivity contribution in [3.63, 3.8) is 0 Å². The summed E-state index contributed by atoms with van der Waals surface area (Å²) >= 11 is 0.970. The fourth-order valence-corrected chi connectivity index (χ4v) is 4.12. The fraction of sp³-hybridized carbons (Fsp3) is 0.185. The van der Waals surface area contributed by atoms with Crippen molar-refractivity contribution in [1.82, 2.24) is 4.90 Å². The minimum Gasteiger partial charge on any atom is -0.490 e. The molecule has 0 aliphatic carbocycles. The van der Waals surface area contributed by atoms with Crippen LogP contribution in [0.25, 0.3) is 6.08 Å². The molecule has 1 heterocycles. The van der Waals surface area contributed by atoms with E-state index >= 15 is 0 Å². The molecule has 168 valence electrons. The second-order valence-electron chi connectivity index (χ2n) is 7.83. The summed E-state index contributed by atoms with van der Waals surface area (Å²) in [4.78, 5) is 26.8. The molecule has 1 aliphatic heterocycles. The zero-order valence-corrected chi connectivity index (χ0v) is 19.4. The van der Waals surface area contributed by atoms with Gasteiger partial charge in [0.1, 0.15) is 24.7 Å². The predicted molar refractivity (Wildman–Crippen MR) is 131 cm³/mol. The van der Waals surface area contributed by atoms with Gasteiger partial charge >= 0.3 is 0 Å². The first-order chi connectivity index (χ1) is 16.0. The molecule has 33 heavy (non-hydrogen) atoms. The Labute approximate surface area is 198 Å². The van der Waals surface area contributed by atoms with Gasteiger partial charge in [-0.2, -0.15) is 0 Å². The molecule has 6 heteroatoms. The largest absolute Gasteiger partial charge is 0.490 e. The van der Waals surface area contributed by atoms with Crippen LogP contribution in [0.4, 0.5) is 4.79 Å². The van der Waals surface area contributed by atoms with E-state index in [1.807, 2.05) is 86.6 Å². The number of hydrogen-bond acceptors (Lipinski definition) is 5. The van der Waals surface area contributed by atoms with Crippen molar-refractivity contribution in [3.8, 4) is 11.5 Å². The van der Waals surface area contributed by atoms with Crippen LogP contribution in [0.3, 0.4) is 0 Å². The maximum Gasteiger partial charge on any atom is 0.293 e. The molecule has 0 saturated carbocycles. The van der Waals surface area contributed by atoms with Crippen LogP contribution >= 0.6 is 11.8 Å². The van der Waals surface area contributed by atoms with E-state index in [2.05, 4.69) is 0 Å². The Kier molecular flexibility index (Phi) is 7.15. The van der Waals surface area contributed by atoms with E-state index in [9.17, 15) is 9.59 Å². The molecule has 3 aromatic carbocycles. The Morgan fingerprint density at radius 2 is 1.27 bits per heavy atom. The highest BCUT2D eigenvalue weighted by atomic mass is 32.2. The average Bonchev–Trinajstić information content (AvgIpc) is 3.07. The maximum absolute atomic E-state index is 12.7. The van der Waals surface area contributed by atoms with Crippen LogP contribution in [0.5, 0.6) is 11.5 Å². The van der Waals surface area contributed by atoms with Gasteiger partial charge in [0.05, 0.1) is 11.4 Å². The monoisotopic (exact) mass is 459 g/mol. The molecule has 5 nitrogen and oxygen atoms in total. The predicted octanol–water partition coefficient (Wildman–Crippen LogP) is 6.00. The molecule has 0 atom stereocenters. The Bertz CT molecular complexity index is 1150. The van der Waals surface area contributed by atoms with Crippen LogP contribution < -0.4 is 9.47 Å². The van der Waals surface area contributed by atoms with E-state index in [0.717, 1.165) is 34.2 Å². The molecular weight excluding hydrogens is 434 g/mol. The molecule has 0 bridgehead atoms. The first kappa shape index (κ1) is 22.7. The van der Waals surface area contributed by atoms with Crippen LogP contribution in [0.2, 0.25) is 0 Å². The van der Waals surface area contributed by atoms with E-state index in [0.29, 0.717) is 23.9 Å². The summed E-state index contributed by atoms with van der Waals surface area (Å²) in [6, 6.07) is 23.1. The minimum atomic E-state index is -0.265. The van der Waals surface area contributed by atoms with Gasteiger partial charge in [-0.3, -0.25) is 14.5 Å². The van der Waals surface area contributed by atoms with Crippen LogP contribution in [0.1, 0.15) is 22.3 Å². The standard InChI is InChI=1S/C27H25NO4S/c1-19-3-7-22(8-4-19)18-28-26(29)25(33-27(28)30)17-21-9-13-24(14-10-21)32-16-15-31-23-11-5-20(2)6-12-23/h3-14,17H,15-16,18H2,1-2H3/b25-17-. The third kappa shape index (κ3) is 6.05. The van der Waals surface area contributed by atoms with Crippen LogP contribution in [0.15, 0.2) is 77.7 Å². The number of carbonyl (C=O) groups is 2. The number of nitrogens with zero attached hydrogens (tertiary/aromatic N) is 1. The van der Waals surface area contributed by atoms with Crippen molar-refractivity contribution in [2.24, 2.45) is 0 Å². The number of aryl methyl sites for hydroxylation is 2. The topological polar surface area (TPSA) is 55.8 Å². The molecule has 0 N–H and O–H groups in total. The van der Waals surface area contributed by atoms with Gasteiger partial charge in [0.15, 0.2) is 0 Å². The Hall–Kier alpha value is -3.51. The van der Waals surface area contributed by atoms with Gasteiger partial charge in [0.2, 0.25) is 0 Å². The molecule has 1 saturated heterocycles. The van der Waals surface area contributed by atoms with E-state index in [-0.39, 0.29) is 17.7 Å². The van der Waals surface area contributed by atoms with Gasteiger partial charge in [-0.25, -0.2) is 0 Å². The SMILES string of the molecule is Cc1ccc(CN2C(=O)S/C(=C\c3ccc(OCCOc4ccc(C)cc4)cc3)C2=O)cc1. The summed E-state index contributed by atoms with van der Waals surface area (Å²) in [6.45, 7) is 5.18. The van der Waals surface area contributed by atoms with Crippen molar-refractivity contribution < 1.29 is 19.1 Å². The lowest BCUT2D eigenvalue weighted by Crippen LogP contribution is -2.27. The summed E-state index contributed by atoms with van der Waals surface area (Å²) in [7, 11) is 0. The van der Waals surface area contributed by atoms with Gasteiger partial charge in [-0.15, -0.1) is 0 Å². The lowest BCUT2D eigenvalue weighted by Gasteiger charge is -2.12. The summed E-state index contributed by atoms with van der Waals surface area (Å²) in [5.74, 6) is 1.27. The maximum atomic E-state index is 12.7. The molecule has 0 unspecified atom stereocenters. The van der Waals surface area contributed by atoms with Crippen molar-refractivity contribution in [3.05, 3.63) is 100.0 Å². The number of hydrogen-bond donors (Lipinski definition) is 0. The average molecular weight is 460 g/mol. The molecular formula is C27H25NO4S. The number of carbonyl (C=O) groups excluding carboxylic acids is 2. The van der Waals surface area contributed by atoms with Gasteiger partial charge in [-0.05, 0) is 67.1 Å². The molecule has 1 fully saturated rings.